The second kappa shape index (κ2) is 3.66. The maximum Gasteiger partial charge on any atom is 0.312 e. The molecule has 0 aromatic rings. The van der Waals surface area contributed by atoms with E-state index in [9.17, 15) is 9.59 Å². The van der Waals surface area contributed by atoms with Gasteiger partial charge in [0.1, 0.15) is 5.60 Å². The molecule has 2 heterocycles. The van der Waals surface area contributed by atoms with E-state index in [1.807, 2.05) is 6.92 Å². The summed E-state index contributed by atoms with van der Waals surface area (Å²) in [5.41, 5.74) is -1.47. The summed E-state index contributed by atoms with van der Waals surface area (Å²) in [7, 11) is 1.38. The van der Waals surface area contributed by atoms with Crippen LogP contribution in [-0.2, 0) is 19.1 Å². The molecule has 0 N–H and O–H groups in total. The molecule has 0 aliphatic carbocycles. The molecule has 2 bridgehead atoms. The van der Waals surface area contributed by atoms with Crippen LogP contribution in [0.15, 0.2) is 0 Å². The predicted molar refractivity (Wildman–Crippen MR) is 65.4 cm³/mol. The molecule has 0 aromatic heterocycles. The molecule has 5 heteroatoms. The van der Waals surface area contributed by atoms with Gasteiger partial charge in [-0.25, -0.2) is 0 Å². The standard InChI is InChI=1S/C11H15IO4/c1-10-4-7(13)11(2,16-10)6(5-12)8(10)9(14)15-3/h6,8H,4-5H2,1-3H3/t6-,8+,10-,11-/m1/s1. The molecule has 0 spiro atoms. The van der Waals surface area contributed by atoms with Crippen molar-refractivity contribution in [2.75, 3.05) is 11.5 Å². The van der Waals surface area contributed by atoms with Crippen LogP contribution in [0, 0.1) is 11.8 Å². The number of Topliss-reactive ketones (excluding diaryl/α,β-unsaturated/α-hetero) is 1. The van der Waals surface area contributed by atoms with Gasteiger partial charge in [-0.2, -0.15) is 0 Å². The Morgan fingerprint density at radius 1 is 1.62 bits per heavy atom. The Labute approximate surface area is 108 Å². The molecule has 16 heavy (non-hydrogen) atoms. The van der Waals surface area contributed by atoms with Gasteiger partial charge in [0.2, 0.25) is 0 Å². The van der Waals surface area contributed by atoms with E-state index in [0.717, 1.165) is 4.43 Å². The lowest BCUT2D eigenvalue weighted by Gasteiger charge is -2.32. The molecule has 0 radical (unpaired) electrons. The Morgan fingerprint density at radius 2 is 2.25 bits per heavy atom. The highest BCUT2D eigenvalue weighted by Crippen LogP contribution is 2.56. The summed E-state index contributed by atoms with van der Waals surface area (Å²) in [5, 5.41) is 0. The molecule has 90 valence electrons. The van der Waals surface area contributed by atoms with Crippen LogP contribution in [0.4, 0.5) is 0 Å². The van der Waals surface area contributed by atoms with Crippen molar-refractivity contribution in [3.05, 3.63) is 0 Å². The van der Waals surface area contributed by atoms with Crippen molar-refractivity contribution in [1.29, 1.82) is 0 Å². The monoisotopic (exact) mass is 338 g/mol. The predicted octanol–water partition coefficient (Wildman–Crippen LogP) is 1.35. The van der Waals surface area contributed by atoms with Crippen molar-refractivity contribution in [3.63, 3.8) is 0 Å². The molecule has 4 nitrogen and oxygen atoms in total. The number of methoxy groups -OCH3 is 1. The number of ether oxygens (including phenoxy) is 2. The lowest BCUT2D eigenvalue weighted by molar-refractivity contribution is -0.151. The highest BCUT2D eigenvalue weighted by molar-refractivity contribution is 14.1. The number of halogens is 1. The van der Waals surface area contributed by atoms with Crippen molar-refractivity contribution in [1.82, 2.24) is 0 Å². The van der Waals surface area contributed by atoms with Gasteiger partial charge in [0.25, 0.3) is 0 Å². The topological polar surface area (TPSA) is 52.6 Å². The fraction of sp³-hybridized carbons (Fsp3) is 0.818. The van der Waals surface area contributed by atoms with Crippen molar-refractivity contribution < 1.29 is 19.1 Å². The molecule has 2 aliphatic rings. The normalized spacial score (nSPS) is 46.1. The summed E-state index contributed by atoms with van der Waals surface area (Å²) in [6.07, 6.45) is 0.316. The summed E-state index contributed by atoms with van der Waals surface area (Å²) in [4.78, 5) is 23.7. The van der Waals surface area contributed by atoms with Crippen LogP contribution in [0.25, 0.3) is 0 Å². The van der Waals surface area contributed by atoms with Crippen molar-refractivity contribution in [2.24, 2.45) is 11.8 Å². The van der Waals surface area contributed by atoms with Gasteiger partial charge in [0, 0.05) is 16.8 Å². The van der Waals surface area contributed by atoms with Gasteiger partial charge in [0.15, 0.2) is 5.78 Å². The largest absolute Gasteiger partial charge is 0.469 e. The quantitative estimate of drug-likeness (QED) is 0.433. The lowest BCUT2D eigenvalue weighted by atomic mass is 9.68. The van der Waals surface area contributed by atoms with Crippen molar-refractivity contribution >= 4 is 34.3 Å². The first kappa shape index (κ1) is 12.3. The number of hydrogen-bond acceptors (Lipinski definition) is 4. The van der Waals surface area contributed by atoms with Crippen LogP contribution < -0.4 is 0 Å². The molecule has 2 aliphatic heterocycles. The Kier molecular flexibility index (Phi) is 2.81. The van der Waals surface area contributed by atoms with E-state index < -0.39 is 11.2 Å². The van der Waals surface area contributed by atoms with Crippen LogP contribution in [0.3, 0.4) is 0 Å². The second-order valence-corrected chi connectivity index (χ2v) is 5.76. The fourth-order valence-corrected chi connectivity index (χ4v) is 4.40. The summed E-state index contributed by atoms with van der Waals surface area (Å²) in [5.74, 6) is -0.555. The molecule has 2 saturated heterocycles. The van der Waals surface area contributed by atoms with Crippen LogP contribution >= 0.6 is 22.6 Å². The van der Waals surface area contributed by atoms with Crippen molar-refractivity contribution in [3.8, 4) is 0 Å². The number of hydrogen-bond donors (Lipinski definition) is 0. The van der Waals surface area contributed by atoms with Gasteiger partial charge in [-0.15, -0.1) is 0 Å². The minimum atomic E-state index is -0.797. The molecule has 0 unspecified atom stereocenters. The molecular formula is C11H15IO4. The van der Waals surface area contributed by atoms with E-state index in [1.165, 1.54) is 7.11 Å². The molecule has 2 fully saturated rings. The second-order valence-electron chi connectivity index (χ2n) is 4.88. The zero-order valence-electron chi connectivity index (χ0n) is 9.58. The first-order chi connectivity index (χ1) is 7.39. The van der Waals surface area contributed by atoms with E-state index in [2.05, 4.69) is 22.6 Å². The Hall–Kier alpha value is -0.170. The number of ketones is 1. The van der Waals surface area contributed by atoms with Crippen LogP contribution in [0.2, 0.25) is 0 Å². The number of rotatable bonds is 2. The average Bonchev–Trinajstić information content (AvgIpc) is 2.58. The molecule has 2 rings (SSSR count). The summed E-state index contributed by atoms with van der Waals surface area (Å²) < 4.78 is 11.4. The Balaban J connectivity index is 2.42. The maximum atomic E-state index is 11.9. The SMILES string of the molecule is COC(=O)[C@@H]1[C@@H](CI)[C@@]2(C)O[C@]1(C)CC2=O. The van der Waals surface area contributed by atoms with E-state index in [-0.39, 0.29) is 23.6 Å². The smallest absolute Gasteiger partial charge is 0.312 e. The number of carbonyl (C=O) groups is 2. The summed E-state index contributed by atoms with van der Waals surface area (Å²) in [6, 6.07) is 0. The van der Waals surface area contributed by atoms with Crippen LogP contribution in [-0.4, -0.2) is 34.5 Å². The number of fused-ring (bicyclic) bond motifs is 2. The third kappa shape index (κ3) is 1.37. The lowest BCUT2D eigenvalue weighted by Crippen LogP contribution is -2.48. The first-order valence-corrected chi connectivity index (χ1v) is 6.79. The van der Waals surface area contributed by atoms with Crippen LogP contribution in [0.1, 0.15) is 20.3 Å². The summed E-state index contributed by atoms with van der Waals surface area (Å²) >= 11 is 2.20. The van der Waals surface area contributed by atoms with Crippen molar-refractivity contribution in [2.45, 2.75) is 31.5 Å². The number of alkyl halides is 1. The first-order valence-electron chi connectivity index (χ1n) is 5.26. The number of carbonyl (C=O) groups excluding carboxylic acids is 2. The van der Waals surface area contributed by atoms with Gasteiger partial charge < -0.3 is 9.47 Å². The number of esters is 1. The van der Waals surface area contributed by atoms with Crippen LogP contribution in [0.5, 0.6) is 0 Å². The molecule has 0 aromatic carbocycles. The zero-order chi connectivity index (χ0) is 12.1. The Morgan fingerprint density at radius 3 is 2.75 bits per heavy atom. The van der Waals surface area contributed by atoms with E-state index in [1.54, 1.807) is 6.92 Å². The molecular weight excluding hydrogens is 323 g/mol. The average molecular weight is 338 g/mol. The van der Waals surface area contributed by atoms with E-state index >= 15 is 0 Å². The van der Waals surface area contributed by atoms with Gasteiger partial charge in [-0.3, -0.25) is 9.59 Å². The van der Waals surface area contributed by atoms with Gasteiger partial charge >= 0.3 is 5.97 Å². The van der Waals surface area contributed by atoms with Gasteiger partial charge in [0.05, 0.1) is 18.6 Å². The van der Waals surface area contributed by atoms with E-state index in [0.29, 0.717) is 6.42 Å². The highest BCUT2D eigenvalue weighted by Gasteiger charge is 2.69. The molecule has 4 atom stereocenters. The minimum absolute atomic E-state index is 0.0770. The zero-order valence-corrected chi connectivity index (χ0v) is 11.7. The highest BCUT2D eigenvalue weighted by atomic mass is 127. The maximum absolute atomic E-state index is 11.9. The Bertz CT molecular complexity index is 356. The van der Waals surface area contributed by atoms with Gasteiger partial charge in [-0.1, -0.05) is 22.6 Å². The molecule has 0 amide bonds. The molecule has 0 saturated carbocycles. The summed E-state index contributed by atoms with van der Waals surface area (Å²) in [6.45, 7) is 3.64. The van der Waals surface area contributed by atoms with E-state index in [4.69, 9.17) is 9.47 Å². The fourth-order valence-electron chi connectivity index (χ4n) is 3.05. The minimum Gasteiger partial charge on any atom is -0.469 e. The third-order valence-corrected chi connectivity index (χ3v) is 4.85. The van der Waals surface area contributed by atoms with Gasteiger partial charge in [-0.05, 0) is 13.8 Å². The third-order valence-electron chi connectivity index (χ3n) is 3.90.